The molecule has 0 saturated carbocycles. The molecule has 4 rings (SSSR count). The molecule has 146 valence electrons. The Morgan fingerprint density at radius 3 is 2.86 bits per heavy atom. The zero-order chi connectivity index (χ0) is 19.3. The fourth-order valence-corrected chi connectivity index (χ4v) is 3.53. The molecule has 8 nitrogen and oxygen atoms in total. The normalized spacial score (nSPS) is 17.1. The van der Waals surface area contributed by atoms with E-state index in [1.54, 1.807) is 12.4 Å². The number of fused-ring (bicyclic) bond motifs is 1. The lowest BCUT2D eigenvalue weighted by molar-refractivity contribution is -0.123. The first-order valence-corrected chi connectivity index (χ1v) is 9.51. The number of likely N-dealkylation sites (tertiary alicyclic amines) is 1. The molecule has 1 saturated heterocycles. The first-order valence-electron chi connectivity index (χ1n) is 9.51. The molecule has 1 amide bonds. The van der Waals surface area contributed by atoms with Crippen LogP contribution in [0.3, 0.4) is 0 Å². The lowest BCUT2D eigenvalue weighted by atomic mass is 10.0. The minimum absolute atomic E-state index is 0.0106. The summed E-state index contributed by atoms with van der Waals surface area (Å²) in [6.07, 6.45) is 4.46. The summed E-state index contributed by atoms with van der Waals surface area (Å²) in [6.45, 7) is 3.03. The van der Waals surface area contributed by atoms with Crippen molar-refractivity contribution in [1.82, 2.24) is 30.0 Å². The second-order valence-electron chi connectivity index (χ2n) is 7.04. The molecule has 1 atom stereocenters. The molecule has 2 aromatic heterocycles. The average Bonchev–Trinajstić information content (AvgIpc) is 3.31. The van der Waals surface area contributed by atoms with Crippen molar-refractivity contribution in [3.63, 3.8) is 0 Å². The van der Waals surface area contributed by atoms with Gasteiger partial charge in [-0.2, -0.15) is 5.10 Å². The topological polar surface area (TPSA) is 85.2 Å². The van der Waals surface area contributed by atoms with E-state index in [0.29, 0.717) is 24.8 Å². The number of carbonyl (C=O) groups excluding carboxylic acids is 1. The Balaban J connectivity index is 1.36. The summed E-state index contributed by atoms with van der Waals surface area (Å²) in [5.74, 6) is 0.889. The molecule has 1 N–H and O–H groups in total. The van der Waals surface area contributed by atoms with Gasteiger partial charge in [0.2, 0.25) is 0 Å². The van der Waals surface area contributed by atoms with Gasteiger partial charge < -0.3 is 15.0 Å². The van der Waals surface area contributed by atoms with Crippen LogP contribution in [0.5, 0.6) is 5.75 Å². The number of nitrogens with zero attached hydrogens (tertiary/aromatic N) is 5. The number of amides is 1. The number of para-hydroxylation sites is 1. The molecule has 1 fully saturated rings. The van der Waals surface area contributed by atoms with Crippen LogP contribution < -0.4 is 10.1 Å². The van der Waals surface area contributed by atoms with Crippen molar-refractivity contribution < 1.29 is 9.53 Å². The van der Waals surface area contributed by atoms with Gasteiger partial charge in [0.25, 0.3) is 5.91 Å². The van der Waals surface area contributed by atoms with Gasteiger partial charge >= 0.3 is 0 Å². The second-order valence-corrected chi connectivity index (χ2v) is 7.04. The lowest BCUT2D eigenvalue weighted by Gasteiger charge is -2.08. The molecule has 0 spiro atoms. The molecule has 0 radical (unpaired) electrons. The lowest BCUT2D eigenvalue weighted by Crippen LogP contribution is -2.31. The second kappa shape index (κ2) is 8.35. The van der Waals surface area contributed by atoms with E-state index < -0.39 is 0 Å². The smallest absolute Gasteiger partial charge is 0.258 e. The van der Waals surface area contributed by atoms with E-state index in [9.17, 15) is 4.79 Å². The van der Waals surface area contributed by atoms with Gasteiger partial charge in [-0.15, -0.1) is 0 Å². The Hall–Kier alpha value is -3.00. The zero-order valence-corrected chi connectivity index (χ0v) is 15.9. The van der Waals surface area contributed by atoms with E-state index in [4.69, 9.17) is 9.84 Å². The average molecular weight is 380 g/mol. The number of carbonyl (C=O) groups is 1. The Bertz CT molecular complexity index is 942. The van der Waals surface area contributed by atoms with Gasteiger partial charge in [0.15, 0.2) is 12.3 Å². The van der Waals surface area contributed by atoms with Crippen LogP contribution in [0.1, 0.15) is 18.0 Å². The number of likely N-dealkylation sites (N-methyl/N-ethyl adjacent to an activating group) is 1. The van der Waals surface area contributed by atoms with Crippen molar-refractivity contribution in [1.29, 1.82) is 0 Å². The van der Waals surface area contributed by atoms with Crippen molar-refractivity contribution in [2.75, 3.05) is 33.3 Å². The van der Waals surface area contributed by atoms with Crippen LogP contribution in [-0.2, 0) is 11.3 Å². The van der Waals surface area contributed by atoms with E-state index >= 15 is 0 Å². The van der Waals surface area contributed by atoms with Crippen LogP contribution in [0.25, 0.3) is 11.2 Å². The Kier molecular flexibility index (Phi) is 5.48. The standard InChI is InChI=1S/C20H24N6O2/c1-25-11-7-15(13-25)18-19-20(23-9-8-22-19)26(24-18)12-10-21-17(27)14-28-16-5-3-2-4-6-16/h2-6,8-9,15H,7,10-14H2,1H3,(H,21,27)/t15-/m0/s1. The predicted molar refractivity (Wildman–Crippen MR) is 105 cm³/mol. The minimum Gasteiger partial charge on any atom is -0.484 e. The van der Waals surface area contributed by atoms with Crippen molar-refractivity contribution >= 4 is 17.1 Å². The monoisotopic (exact) mass is 380 g/mol. The van der Waals surface area contributed by atoms with Crippen LogP contribution in [0.2, 0.25) is 0 Å². The molecule has 3 heterocycles. The predicted octanol–water partition coefficient (Wildman–Crippen LogP) is 1.44. The molecule has 0 unspecified atom stereocenters. The molecule has 1 aromatic carbocycles. The number of rotatable bonds is 7. The highest BCUT2D eigenvalue weighted by Crippen LogP contribution is 2.29. The van der Waals surface area contributed by atoms with Crippen molar-refractivity contribution in [3.05, 3.63) is 48.4 Å². The summed E-state index contributed by atoms with van der Waals surface area (Å²) in [6, 6.07) is 9.29. The van der Waals surface area contributed by atoms with Crippen molar-refractivity contribution in [3.8, 4) is 5.75 Å². The van der Waals surface area contributed by atoms with E-state index in [2.05, 4.69) is 27.2 Å². The van der Waals surface area contributed by atoms with Crippen LogP contribution in [0, 0.1) is 0 Å². The van der Waals surface area contributed by atoms with Crippen molar-refractivity contribution in [2.45, 2.75) is 18.9 Å². The highest BCUT2D eigenvalue weighted by molar-refractivity contribution is 5.77. The van der Waals surface area contributed by atoms with Gasteiger partial charge in [-0.05, 0) is 32.1 Å². The zero-order valence-electron chi connectivity index (χ0n) is 15.9. The number of aromatic nitrogens is 4. The molecule has 0 aliphatic carbocycles. The third kappa shape index (κ3) is 4.12. The van der Waals surface area contributed by atoms with Gasteiger partial charge in [-0.1, -0.05) is 18.2 Å². The number of nitrogens with one attached hydrogen (secondary N) is 1. The van der Waals surface area contributed by atoms with Crippen LogP contribution >= 0.6 is 0 Å². The molecule has 1 aliphatic rings. The SMILES string of the molecule is CN1CC[C@H](c2nn(CCNC(=O)COc3ccccc3)c3nccnc23)C1. The summed E-state index contributed by atoms with van der Waals surface area (Å²) >= 11 is 0. The van der Waals surface area contributed by atoms with Gasteiger partial charge in [0.05, 0.1) is 12.2 Å². The first-order chi connectivity index (χ1) is 13.7. The number of hydrogen-bond acceptors (Lipinski definition) is 6. The highest BCUT2D eigenvalue weighted by atomic mass is 16.5. The van der Waals surface area contributed by atoms with Crippen LogP contribution in [0.15, 0.2) is 42.7 Å². The van der Waals surface area contributed by atoms with Gasteiger partial charge in [-0.3, -0.25) is 4.79 Å². The summed E-state index contributed by atoms with van der Waals surface area (Å²) in [5.41, 5.74) is 2.63. The summed E-state index contributed by atoms with van der Waals surface area (Å²) in [7, 11) is 2.12. The van der Waals surface area contributed by atoms with Crippen molar-refractivity contribution in [2.24, 2.45) is 0 Å². The highest BCUT2D eigenvalue weighted by Gasteiger charge is 2.27. The van der Waals surface area contributed by atoms with E-state index in [0.717, 1.165) is 36.4 Å². The van der Waals surface area contributed by atoms with Crippen LogP contribution in [-0.4, -0.2) is 63.8 Å². The van der Waals surface area contributed by atoms with E-state index in [-0.39, 0.29) is 12.5 Å². The molecule has 1 aliphatic heterocycles. The Morgan fingerprint density at radius 1 is 1.25 bits per heavy atom. The van der Waals surface area contributed by atoms with E-state index in [1.807, 2.05) is 35.0 Å². The van der Waals surface area contributed by atoms with Crippen LogP contribution in [0.4, 0.5) is 0 Å². The number of benzene rings is 1. The van der Waals surface area contributed by atoms with Gasteiger partial charge in [-0.25, -0.2) is 14.6 Å². The summed E-state index contributed by atoms with van der Waals surface area (Å²) in [5, 5.41) is 7.65. The third-order valence-corrected chi connectivity index (χ3v) is 4.93. The molecular formula is C20H24N6O2. The molecule has 8 heteroatoms. The molecule has 28 heavy (non-hydrogen) atoms. The quantitative estimate of drug-likeness (QED) is 0.668. The number of hydrogen-bond donors (Lipinski definition) is 1. The third-order valence-electron chi connectivity index (χ3n) is 4.93. The fraction of sp³-hybridized carbons (Fsp3) is 0.400. The summed E-state index contributed by atoms with van der Waals surface area (Å²) < 4.78 is 7.30. The minimum atomic E-state index is -0.163. The maximum absolute atomic E-state index is 12.0. The molecule has 3 aromatic rings. The van der Waals surface area contributed by atoms with Gasteiger partial charge in [0.1, 0.15) is 11.3 Å². The Labute approximate surface area is 163 Å². The number of ether oxygens (including phenoxy) is 1. The summed E-state index contributed by atoms with van der Waals surface area (Å²) in [4.78, 5) is 23.3. The molecule has 0 bridgehead atoms. The molecular weight excluding hydrogens is 356 g/mol. The van der Waals surface area contributed by atoms with Gasteiger partial charge in [0, 0.05) is 31.4 Å². The maximum atomic E-state index is 12.0. The maximum Gasteiger partial charge on any atom is 0.258 e. The Morgan fingerprint density at radius 2 is 2.07 bits per heavy atom. The van der Waals surface area contributed by atoms with E-state index in [1.165, 1.54) is 0 Å². The fourth-order valence-electron chi connectivity index (χ4n) is 3.53. The first kappa shape index (κ1) is 18.4. The largest absolute Gasteiger partial charge is 0.484 e.